The van der Waals surface area contributed by atoms with Gasteiger partial charge in [0.15, 0.2) is 0 Å². The fourth-order valence-corrected chi connectivity index (χ4v) is 2.60. The van der Waals surface area contributed by atoms with Crippen LogP contribution in [-0.4, -0.2) is 45.5 Å². The van der Waals surface area contributed by atoms with Crippen molar-refractivity contribution in [1.29, 1.82) is 0 Å². The summed E-state index contributed by atoms with van der Waals surface area (Å²) in [6.45, 7) is 7.29. The number of fused-ring (bicyclic) bond motifs is 1. The van der Waals surface area contributed by atoms with Gasteiger partial charge in [0.05, 0.1) is 11.1 Å². The molecule has 3 rings (SSSR count). The molecule has 2 aliphatic heterocycles. The number of hydrogen-bond donors (Lipinski definition) is 0. The van der Waals surface area contributed by atoms with Crippen LogP contribution in [0.15, 0.2) is 36.4 Å². The Bertz CT molecular complexity index is 681. The number of nitrogens with zero attached hydrogens (tertiary/aromatic N) is 2. The van der Waals surface area contributed by atoms with Gasteiger partial charge in [-0.25, -0.2) is 0 Å². The zero-order chi connectivity index (χ0) is 18.0. The lowest BCUT2D eigenvalue weighted by molar-refractivity contribution is -0.138. The van der Waals surface area contributed by atoms with Crippen molar-refractivity contribution in [2.75, 3.05) is 0 Å². The first-order valence-electron chi connectivity index (χ1n) is 7.77. The number of carbonyl (C=O) groups excluding carboxylic acids is 4. The Morgan fingerprint density at radius 2 is 1.04 bits per heavy atom. The molecule has 0 bridgehead atoms. The van der Waals surface area contributed by atoms with E-state index in [1.165, 1.54) is 22.0 Å². The summed E-state index contributed by atoms with van der Waals surface area (Å²) in [5, 5.41) is 0. The van der Waals surface area contributed by atoms with Crippen molar-refractivity contribution in [2.45, 2.75) is 39.8 Å². The molecule has 0 fully saturated rings. The number of rotatable bonds is 2. The van der Waals surface area contributed by atoms with E-state index in [1.54, 1.807) is 24.3 Å². The third-order valence-corrected chi connectivity index (χ3v) is 3.70. The van der Waals surface area contributed by atoms with E-state index in [4.69, 9.17) is 0 Å². The second-order valence-corrected chi connectivity index (χ2v) is 6.09. The molecule has 0 N–H and O–H groups in total. The molecule has 2 heterocycles. The van der Waals surface area contributed by atoms with E-state index in [1.807, 2.05) is 27.7 Å². The molecule has 0 spiro atoms. The summed E-state index contributed by atoms with van der Waals surface area (Å²) in [5.74, 6) is -0.777. The second-order valence-electron chi connectivity index (χ2n) is 6.09. The average Bonchev–Trinajstić information content (AvgIpc) is 2.98. The first-order valence-corrected chi connectivity index (χ1v) is 7.77. The van der Waals surface area contributed by atoms with Crippen LogP contribution in [0, 0.1) is 0 Å². The molecule has 24 heavy (non-hydrogen) atoms. The van der Waals surface area contributed by atoms with E-state index >= 15 is 0 Å². The largest absolute Gasteiger partial charge is 0.273 e. The Balaban J connectivity index is 0.000000185. The molecule has 1 aromatic carbocycles. The molecule has 0 aliphatic carbocycles. The van der Waals surface area contributed by atoms with Crippen LogP contribution in [0.25, 0.3) is 0 Å². The minimum Gasteiger partial charge on any atom is -0.273 e. The number of carbonyl (C=O) groups is 4. The molecule has 4 amide bonds. The molecule has 0 atom stereocenters. The number of hydrogen-bond acceptors (Lipinski definition) is 4. The molecule has 6 nitrogen and oxygen atoms in total. The van der Waals surface area contributed by atoms with Gasteiger partial charge < -0.3 is 0 Å². The maximum absolute atomic E-state index is 11.8. The second kappa shape index (κ2) is 6.78. The van der Waals surface area contributed by atoms with Crippen molar-refractivity contribution in [1.82, 2.24) is 9.80 Å². The van der Waals surface area contributed by atoms with Crippen molar-refractivity contribution in [2.24, 2.45) is 0 Å². The summed E-state index contributed by atoms with van der Waals surface area (Å²) in [6, 6.07) is 6.81. The lowest BCUT2D eigenvalue weighted by atomic mass is 10.1. The Morgan fingerprint density at radius 3 is 1.33 bits per heavy atom. The highest BCUT2D eigenvalue weighted by molar-refractivity contribution is 6.21. The molecule has 0 aromatic heterocycles. The van der Waals surface area contributed by atoms with E-state index in [2.05, 4.69) is 0 Å². The summed E-state index contributed by atoms with van der Waals surface area (Å²) < 4.78 is 0. The van der Waals surface area contributed by atoms with Gasteiger partial charge in [0.2, 0.25) is 0 Å². The molecule has 6 heteroatoms. The van der Waals surface area contributed by atoms with Crippen molar-refractivity contribution >= 4 is 23.6 Å². The van der Waals surface area contributed by atoms with Crippen LogP contribution >= 0.6 is 0 Å². The number of imide groups is 2. The van der Waals surface area contributed by atoms with Gasteiger partial charge in [0.25, 0.3) is 23.6 Å². The third-order valence-electron chi connectivity index (χ3n) is 3.70. The summed E-state index contributed by atoms with van der Waals surface area (Å²) in [4.78, 5) is 47.7. The van der Waals surface area contributed by atoms with Crippen LogP contribution in [0.2, 0.25) is 0 Å². The van der Waals surface area contributed by atoms with Gasteiger partial charge in [0, 0.05) is 24.2 Å². The molecule has 0 unspecified atom stereocenters. The van der Waals surface area contributed by atoms with E-state index in [0.717, 1.165) is 0 Å². The minimum atomic E-state index is -0.208. The van der Waals surface area contributed by atoms with Gasteiger partial charge >= 0.3 is 0 Å². The molecule has 0 saturated carbocycles. The Kier molecular flexibility index (Phi) is 4.97. The fourth-order valence-electron chi connectivity index (χ4n) is 2.60. The van der Waals surface area contributed by atoms with Gasteiger partial charge in [-0.2, -0.15) is 0 Å². The standard InChI is InChI=1S/C11H11NO2.C7H9NO2/c1-7(2)12-10(13)8-5-3-4-6-9(8)11(12)14;1-5(2)8-6(9)3-4-7(8)10/h3-7H,1-2H3;3-5H,1-2H3. The first-order chi connectivity index (χ1) is 11.3. The number of benzene rings is 1. The average molecular weight is 328 g/mol. The number of amides is 4. The smallest absolute Gasteiger partial charge is 0.261 e. The molecule has 2 aliphatic rings. The highest BCUT2D eigenvalue weighted by Gasteiger charge is 2.36. The Labute approximate surface area is 140 Å². The highest BCUT2D eigenvalue weighted by Crippen LogP contribution is 2.23. The van der Waals surface area contributed by atoms with Crippen molar-refractivity contribution in [3.05, 3.63) is 47.5 Å². The normalized spacial score (nSPS) is 16.2. The van der Waals surface area contributed by atoms with Crippen molar-refractivity contribution in [3.63, 3.8) is 0 Å². The summed E-state index contributed by atoms with van der Waals surface area (Å²) in [6.07, 6.45) is 2.59. The lowest BCUT2D eigenvalue weighted by Gasteiger charge is -2.17. The van der Waals surface area contributed by atoms with E-state index in [-0.39, 0.29) is 35.7 Å². The Morgan fingerprint density at radius 1 is 0.667 bits per heavy atom. The van der Waals surface area contributed by atoms with Crippen LogP contribution in [0.5, 0.6) is 0 Å². The highest BCUT2D eigenvalue weighted by atomic mass is 16.2. The summed E-state index contributed by atoms with van der Waals surface area (Å²) in [7, 11) is 0. The first kappa shape index (κ1) is 17.6. The molecule has 0 saturated heterocycles. The zero-order valence-electron chi connectivity index (χ0n) is 14.1. The molecule has 0 radical (unpaired) electrons. The molecular weight excluding hydrogens is 308 g/mol. The summed E-state index contributed by atoms with van der Waals surface area (Å²) in [5.41, 5.74) is 1.04. The zero-order valence-corrected chi connectivity index (χ0v) is 14.1. The van der Waals surface area contributed by atoms with Crippen LogP contribution in [0.1, 0.15) is 48.4 Å². The lowest BCUT2D eigenvalue weighted by Crippen LogP contribution is -2.36. The van der Waals surface area contributed by atoms with Crippen LogP contribution in [0.4, 0.5) is 0 Å². The van der Waals surface area contributed by atoms with Crippen LogP contribution in [0.3, 0.4) is 0 Å². The molecule has 126 valence electrons. The topological polar surface area (TPSA) is 74.8 Å². The quantitative estimate of drug-likeness (QED) is 0.778. The monoisotopic (exact) mass is 328 g/mol. The predicted octanol–water partition coefficient (Wildman–Crippen LogP) is 2.01. The maximum Gasteiger partial charge on any atom is 0.261 e. The van der Waals surface area contributed by atoms with Gasteiger partial charge in [-0.1, -0.05) is 12.1 Å². The molecular formula is C18H20N2O4. The van der Waals surface area contributed by atoms with Crippen molar-refractivity contribution in [3.8, 4) is 0 Å². The minimum absolute atomic E-state index is 0.0324. The van der Waals surface area contributed by atoms with Gasteiger partial charge in [-0.3, -0.25) is 29.0 Å². The van der Waals surface area contributed by atoms with E-state index in [0.29, 0.717) is 11.1 Å². The summed E-state index contributed by atoms with van der Waals surface area (Å²) >= 11 is 0. The predicted molar refractivity (Wildman–Crippen MR) is 88.2 cm³/mol. The Hall–Kier alpha value is -2.76. The van der Waals surface area contributed by atoms with Crippen LogP contribution in [-0.2, 0) is 9.59 Å². The third kappa shape index (κ3) is 3.13. The van der Waals surface area contributed by atoms with Gasteiger partial charge in [-0.05, 0) is 39.8 Å². The van der Waals surface area contributed by atoms with Gasteiger partial charge in [0.1, 0.15) is 0 Å². The van der Waals surface area contributed by atoms with Crippen molar-refractivity contribution < 1.29 is 19.2 Å². The van der Waals surface area contributed by atoms with E-state index < -0.39 is 0 Å². The van der Waals surface area contributed by atoms with Gasteiger partial charge in [-0.15, -0.1) is 0 Å². The maximum atomic E-state index is 11.8. The SMILES string of the molecule is CC(C)N1C(=O)C=CC1=O.CC(C)N1C(=O)c2ccccc2C1=O. The van der Waals surface area contributed by atoms with E-state index in [9.17, 15) is 19.2 Å². The molecule has 1 aromatic rings. The fraction of sp³-hybridized carbons (Fsp3) is 0.333. The van der Waals surface area contributed by atoms with Crippen LogP contribution < -0.4 is 0 Å².